The van der Waals surface area contributed by atoms with Crippen LogP contribution in [-0.2, 0) is 16.6 Å². The summed E-state index contributed by atoms with van der Waals surface area (Å²) in [6.45, 7) is 6.66. The van der Waals surface area contributed by atoms with E-state index in [1.165, 1.54) is 5.56 Å². The average Bonchev–Trinajstić information content (AvgIpc) is 2.68. The summed E-state index contributed by atoms with van der Waals surface area (Å²) < 4.78 is 0. The first kappa shape index (κ1) is 22.6. The van der Waals surface area contributed by atoms with E-state index in [0.29, 0.717) is 18.4 Å². The van der Waals surface area contributed by atoms with Crippen molar-refractivity contribution in [1.82, 2.24) is 10.6 Å². The monoisotopic (exact) mass is 396 g/mol. The predicted molar refractivity (Wildman–Crippen MR) is 116 cm³/mol. The van der Waals surface area contributed by atoms with Crippen molar-refractivity contribution < 1.29 is 14.7 Å². The summed E-state index contributed by atoms with van der Waals surface area (Å²) in [4.78, 5) is 24.5. The highest BCUT2D eigenvalue weighted by molar-refractivity contribution is 5.94. The molecular weight excluding hydrogens is 364 g/mol. The SMILES string of the molecule is CC(C)(C)c1ccc(C(=O)NCCC(=O)NC(CCO)Cc2ccccc2)cc1. The minimum Gasteiger partial charge on any atom is -0.396 e. The Balaban J connectivity index is 1.79. The standard InChI is InChI=1S/C24H32N2O3/c1-24(2,3)20-11-9-19(10-12-20)23(29)25-15-13-22(28)26-21(14-16-27)17-18-7-5-4-6-8-18/h4-12,21,27H,13-17H2,1-3H3,(H,25,29)(H,26,28). The molecule has 3 N–H and O–H groups in total. The molecule has 2 rings (SSSR count). The Morgan fingerprint density at radius 2 is 1.66 bits per heavy atom. The molecule has 0 aliphatic carbocycles. The summed E-state index contributed by atoms with van der Waals surface area (Å²) in [6.07, 6.45) is 1.36. The number of carbonyl (C=O) groups is 2. The number of aliphatic hydroxyl groups excluding tert-OH is 1. The molecular formula is C24H32N2O3. The Morgan fingerprint density at radius 1 is 1.00 bits per heavy atom. The fraction of sp³-hybridized carbons (Fsp3) is 0.417. The Hall–Kier alpha value is -2.66. The van der Waals surface area contributed by atoms with E-state index in [2.05, 4.69) is 31.4 Å². The highest BCUT2D eigenvalue weighted by atomic mass is 16.3. The summed E-state index contributed by atoms with van der Waals surface area (Å²) in [6, 6.07) is 17.3. The molecule has 2 aromatic carbocycles. The third kappa shape index (κ3) is 7.70. The fourth-order valence-electron chi connectivity index (χ4n) is 3.09. The molecule has 0 bridgehead atoms. The normalized spacial score (nSPS) is 12.3. The molecule has 0 fully saturated rings. The van der Waals surface area contributed by atoms with Gasteiger partial charge in [0.05, 0.1) is 0 Å². The van der Waals surface area contributed by atoms with Crippen molar-refractivity contribution in [1.29, 1.82) is 0 Å². The van der Waals surface area contributed by atoms with Gasteiger partial charge in [-0.1, -0.05) is 63.2 Å². The largest absolute Gasteiger partial charge is 0.396 e. The van der Waals surface area contributed by atoms with E-state index in [-0.39, 0.29) is 42.8 Å². The van der Waals surface area contributed by atoms with Crippen LogP contribution in [0.1, 0.15) is 55.1 Å². The van der Waals surface area contributed by atoms with E-state index in [9.17, 15) is 14.7 Å². The zero-order chi connectivity index (χ0) is 21.3. The fourth-order valence-corrected chi connectivity index (χ4v) is 3.09. The number of hydrogen-bond donors (Lipinski definition) is 3. The molecule has 29 heavy (non-hydrogen) atoms. The summed E-state index contributed by atoms with van der Waals surface area (Å²) >= 11 is 0. The van der Waals surface area contributed by atoms with E-state index in [0.717, 1.165) is 5.56 Å². The Morgan fingerprint density at radius 3 is 2.24 bits per heavy atom. The van der Waals surface area contributed by atoms with Crippen LogP contribution in [0.15, 0.2) is 54.6 Å². The maximum Gasteiger partial charge on any atom is 0.251 e. The third-order valence-electron chi connectivity index (χ3n) is 4.82. The first-order valence-corrected chi connectivity index (χ1v) is 10.1. The van der Waals surface area contributed by atoms with Crippen LogP contribution in [0.25, 0.3) is 0 Å². The van der Waals surface area contributed by atoms with Gasteiger partial charge in [0.1, 0.15) is 0 Å². The van der Waals surface area contributed by atoms with Gasteiger partial charge in [-0.15, -0.1) is 0 Å². The van der Waals surface area contributed by atoms with Gasteiger partial charge in [0.25, 0.3) is 5.91 Å². The van der Waals surface area contributed by atoms with Crippen molar-refractivity contribution >= 4 is 11.8 Å². The van der Waals surface area contributed by atoms with Gasteiger partial charge in [-0.05, 0) is 41.5 Å². The number of nitrogens with one attached hydrogen (secondary N) is 2. The van der Waals surface area contributed by atoms with Crippen molar-refractivity contribution in [2.24, 2.45) is 0 Å². The Kier molecular flexibility index (Phi) is 8.40. The smallest absolute Gasteiger partial charge is 0.251 e. The molecule has 1 unspecified atom stereocenters. The molecule has 2 aromatic rings. The number of hydrogen-bond acceptors (Lipinski definition) is 3. The molecule has 2 amide bonds. The molecule has 0 saturated heterocycles. The van der Waals surface area contributed by atoms with Gasteiger partial charge in [-0.25, -0.2) is 0 Å². The summed E-state index contributed by atoms with van der Waals surface area (Å²) in [7, 11) is 0. The lowest BCUT2D eigenvalue weighted by Crippen LogP contribution is -2.39. The van der Waals surface area contributed by atoms with Gasteiger partial charge in [0.15, 0.2) is 0 Å². The molecule has 5 nitrogen and oxygen atoms in total. The molecule has 0 saturated carbocycles. The number of aliphatic hydroxyl groups is 1. The van der Waals surface area contributed by atoms with Crippen molar-refractivity contribution in [3.05, 3.63) is 71.3 Å². The van der Waals surface area contributed by atoms with Crippen LogP contribution in [0.5, 0.6) is 0 Å². The minimum atomic E-state index is -0.186. The van der Waals surface area contributed by atoms with Gasteiger partial charge in [-0.3, -0.25) is 9.59 Å². The number of benzene rings is 2. The van der Waals surface area contributed by atoms with Crippen molar-refractivity contribution in [2.75, 3.05) is 13.2 Å². The first-order valence-electron chi connectivity index (χ1n) is 10.1. The van der Waals surface area contributed by atoms with E-state index < -0.39 is 0 Å². The Labute approximate surface area is 173 Å². The van der Waals surface area contributed by atoms with Gasteiger partial charge in [0, 0.05) is 31.2 Å². The highest BCUT2D eigenvalue weighted by Crippen LogP contribution is 2.22. The van der Waals surface area contributed by atoms with Crippen LogP contribution >= 0.6 is 0 Å². The summed E-state index contributed by atoms with van der Waals surface area (Å²) in [5, 5.41) is 15.0. The van der Waals surface area contributed by atoms with E-state index in [4.69, 9.17) is 0 Å². The maximum absolute atomic E-state index is 12.3. The van der Waals surface area contributed by atoms with E-state index >= 15 is 0 Å². The second kappa shape index (κ2) is 10.8. The van der Waals surface area contributed by atoms with Crippen LogP contribution in [0.2, 0.25) is 0 Å². The van der Waals surface area contributed by atoms with Crippen LogP contribution in [0, 0.1) is 0 Å². The number of carbonyl (C=O) groups excluding carboxylic acids is 2. The topological polar surface area (TPSA) is 78.4 Å². The summed E-state index contributed by atoms with van der Waals surface area (Å²) in [5.74, 6) is -0.322. The summed E-state index contributed by atoms with van der Waals surface area (Å²) in [5.41, 5.74) is 2.90. The van der Waals surface area contributed by atoms with E-state index in [1.54, 1.807) is 0 Å². The van der Waals surface area contributed by atoms with Gasteiger partial charge in [0.2, 0.25) is 5.91 Å². The van der Waals surface area contributed by atoms with Crippen LogP contribution in [0.3, 0.4) is 0 Å². The van der Waals surface area contributed by atoms with Gasteiger partial charge < -0.3 is 15.7 Å². The third-order valence-corrected chi connectivity index (χ3v) is 4.82. The second-order valence-corrected chi connectivity index (χ2v) is 8.30. The molecule has 0 spiro atoms. The quantitative estimate of drug-likeness (QED) is 0.609. The zero-order valence-electron chi connectivity index (χ0n) is 17.6. The maximum atomic E-state index is 12.3. The zero-order valence-corrected chi connectivity index (χ0v) is 17.6. The van der Waals surface area contributed by atoms with Crippen LogP contribution < -0.4 is 10.6 Å². The molecule has 0 heterocycles. The van der Waals surface area contributed by atoms with Crippen LogP contribution in [0.4, 0.5) is 0 Å². The molecule has 0 radical (unpaired) electrons. The van der Waals surface area contributed by atoms with Gasteiger partial charge >= 0.3 is 0 Å². The second-order valence-electron chi connectivity index (χ2n) is 8.30. The average molecular weight is 397 g/mol. The van der Waals surface area contributed by atoms with Crippen molar-refractivity contribution in [3.8, 4) is 0 Å². The molecule has 156 valence electrons. The lowest BCUT2D eigenvalue weighted by atomic mass is 9.87. The molecule has 0 aromatic heterocycles. The lowest BCUT2D eigenvalue weighted by molar-refractivity contribution is -0.121. The lowest BCUT2D eigenvalue weighted by Gasteiger charge is -2.19. The van der Waals surface area contributed by atoms with Crippen LogP contribution in [-0.4, -0.2) is 36.1 Å². The number of rotatable bonds is 9. The minimum absolute atomic E-state index is 0.0130. The highest BCUT2D eigenvalue weighted by Gasteiger charge is 2.15. The van der Waals surface area contributed by atoms with Gasteiger partial charge in [-0.2, -0.15) is 0 Å². The molecule has 1 atom stereocenters. The first-order chi connectivity index (χ1) is 13.8. The predicted octanol–water partition coefficient (Wildman–Crippen LogP) is 3.21. The Bertz CT molecular complexity index is 780. The molecule has 0 aliphatic rings. The number of amides is 2. The molecule has 0 aliphatic heterocycles. The molecule has 5 heteroatoms. The van der Waals surface area contributed by atoms with Crippen molar-refractivity contribution in [2.45, 2.75) is 51.5 Å². The van der Waals surface area contributed by atoms with E-state index in [1.807, 2.05) is 54.6 Å². The van der Waals surface area contributed by atoms with Crippen molar-refractivity contribution in [3.63, 3.8) is 0 Å².